The van der Waals surface area contributed by atoms with Crippen LogP contribution < -0.4 is 10.1 Å². The van der Waals surface area contributed by atoms with Crippen molar-refractivity contribution in [3.05, 3.63) is 36.5 Å². The summed E-state index contributed by atoms with van der Waals surface area (Å²) in [4.78, 5) is 23.7. The number of Topliss-reactive ketones (excluding diaryl/α,β-unsaturated/α-hetero) is 1. The molecule has 1 N–H and O–H groups in total. The number of ether oxygens (including phenoxy) is 2. The second kappa shape index (κ2) is 9.10. The highest BCUT2D eigenvalue weighted by molar-refractivity contribution is 6.30. The molecule has 0 heterocycles. The van der Waals surface area contributed by atoms with Crippen LogP contribution in [0, 0.1) is 5.92 Å². The molecule has 0 aliphatic heterocycles. The van der Waals surface area contributed by atoms with Crippen molar-refractivity contribution in [3.8, 4) is 5.75 Å². The maximum absolute atomic E-state index is 11.9. The Morgan fingerprint density at radius 1 is 1.23 bits per heavy atom. The zero-order valence-electron chi connectivity index (χ0n) is 12.7. The fourth-order valence-corrected chi connectivity index (χ4v) is 1.98. The SMILES string of the molecule is C=C(Nc1ccc(OCC)cc1)[C@@H](C(=O)CCl)C(=O)OCC. The fourth-order valence-electron chi connectivity index (χ4n) is 1.83. The summed E-state index contributed by atoms with van der Waals surface area (Å²) in [6.07, 6.45) is 0. The van der Waals surface area contributed by atoms with Gasteiger partial charge in [0.15, 0.2) is 11.7 Å². The van der Waals surface area contributed by atoms with Crippen molar-refractivity contribution in [3.63, 3.8) is 0 Å². The van der Waals surface area contributed by atoms with Crippen molar-refractivity contribution in [1.29, 1.82) is 0 Å². The van der Waals surface area contributed by atoms with Gasteiger partial charge in [-0.15, -0.1) is 11.6 Å². The van der Waals surface area contributed by atoms with Gasteiger partial charge in [0.2, 0.25) is 0 Å². The molecule has 0 saturated heterocycles. The summed E-state index contributed by atoms with van der Waals surface area (Å²) in [6.45, 7) is 8.09. The van der Waals surface area contributed by atoms with Gasteiger partial charge in [-0.1, -0.05) is 6.58 Å². The normalized spacial score (nSPS) is 11.4. The molecule has 1 aromatic rings. The van der Waals surface area contributed by atoms with Gasteiger partial charge in [0.1, 0.15) is 5.75 Å². The maximum atomic E-state index is 11.9. The first-order valence-corrected chi connectivity index (χ1v) is 7.50. The van der Waals surface area contributed by atoms with Crippen LogP contribution in [0.15, 0.2) is 36.5 Å². The summed E-state index contributed by atoms with van der Waals surface area (Å²) in [5.41, 5.74) is 0.915. The highest BCUT2D eigenvalue weighted by Gasteiger charge is 2.30. The Labute approximate surface area is 135 Å². The highest BCUT2D eigenvalue weighted by atomic mass is 35.5. The van der Waals surface area contributed by atoms with Gasteiger partial charge in [-0.3, -0.25) is 9.59 Å². The van der Waals surface area contributed by atoms with E-state index in [0.717, 1.165) is 5.75 Å². The first kappa shape index (κ1) is 18.0. The number of carbonyl (C=O) groups is 2. The number of nitrogens with one attached hydrogen (secondary N) is 1. The molecule has 0 saturated carbocycles. The van der Waals surface area contributed by atoms with Crippen LogP contribution in [-0.2, 0) is 14.3 Å². The van der Waals surface area contributed by atoms with Gasteiger partial charge in [0, 0.05) is 11.4 Å². The molecule has 0 spiro atoms. The van der Waals surface area contributed by atoms with Crippen molar-refractivity contribution >= 4 is 29.0 Å². The zero-order chi connectivity index (χ0) is 16.5. The van der Waals surface area contributed by atoms with E-state index in [1.807, 2.05) is 6.92 Å². The molecule has 6 heteroatoms. The molecule has 22 heavy (non-hydrogen) atoms. The van der Waals surface area contributed by atoms with Crippen LogP contribution in [0.3, 0.4) is 0 Å². The van der Waals surface area contributed by atoms with E-state index in [1.54, 1.807) is 31.2 Å². The molecule has 1 rings (SSSR count). The Bertz CT molecular complexity index is 527. The molecule has 1 aromatic carbocycles. The molecule has 120 valence electrons. The van der Waals surface area contributed by atoms with Crippen LogP contribution in [0.1, 0.15) is 13.8 Å². The lowest BCUT2D eigenvalue weighted by atomic mass is 10.0. The lowest BCUT2D eigenvalue weighted by Gasteiger charge is -2.18. The van der Waals surface area contributed by atoms with Crippen LogP contribution in [-0.4, -0.2) is 30.8 Å². The average molecular weight is 326 g/mol. The molecule has 0 amide bonds. The predicted molar refractivity (Wildman–Crippen MR) is 86.2 cm³/mol. The lowest BCUT2D eigenvalue weighted by molar-refractivity contribution is -0.149. The van der Waals surface area contributed by atoms with E-state index < -0.39 is 17.7 Å². The standard InChI is InChI=1S/C16H20ClNO4/c1-4-21-13-8-6-12(7-9-13)18-11(3)15(14(19)10-17)16(20)22-5-2/h6-9,15,18H,3-5,10H2,1-2H3/t15-/m0/s1. The van der Waals surface area contributed by atoms with E-state index in [0.29, 0.717) is 12.3 Å². The number of hydrogen-bond donors (Lipinski definition) is 1. The van der Waals surface area contributed by atoms with Crippen molar-refractivity contribution in [2.75, 3.05) is 24.4 Å². The predicted octanol–water partition coefficient (Wildman–Crippen LogP) is 3.00. The number of esters is 1. The van der Waals surface area contributed by atoms with Gasteiger partial charge < -0.3 is 14.8 Å². The molecular weight excluding hydrogens is 306 g/mol. The summed E-state index contributed by atoms with van der Waals surface area (Å²) >= 11 is 5.55. The van der Waals surface area contributed by atoms with Crippen molar-refractivity contribution in [2.24, 2.45) is 5.92 Å². The molecule has 0 aliphatic carbocycles. The smallest absolute Gasteiger partial charge is 0.322 e. The second-order valence-corrected chi connectivity index (χ2v) is 4.66. The maximum Gasteiger partial charge on any atom is 0.322 e. The van der Waals surface area contributed by atoms with Crippen molar-refractivity contribution < 1.29 is 19.1 Å². The third-order valence-corrected chi connectivity index (χ3v) is 3.06. The van der Waals surface area contributed by atoms with E-state index in [9.17, 15) is 9.59 Å². The molecule has 0 fully saturated rings. The van der Waals surface area contributed by atoms with Crippen LogP contribution in [0.4, 0.5) is 5.69 Å². The highest BCUT2D eigenvalue weighted by Crippen LogP contribution is 2.20. The second-order valence-electron chi connectivity index (χ2n) is 4.39. The van der Waals surface area contributed by atoms with Gasteiger partial charge in [0.05, 0.1) is 19.1 Å². The summed E-state index contributed by atoms with van der Waals surface area (Å²) < 4.78 is 10.2. The van der Waals surface area contributed by atoms with E-state index in [4.69, 9.17) is 21.1 Å². The molecule has 0 bridgehead atoms. The summed E-state index contributed by atoms with van der Waals surface area (Å²) in [7, 11) is 0. The van der Waals surface area contributed by atoms with E-state index in [1.165, 1.54) is 0 Å². The minimum Gasteiger partial charge on any atom is -0.494 e. The third-order valence-electron chi connectivity index (χ3n) is 2.79. The summed E-state index contributed by atoms with van der Waals surface area (Å²) in [5, 5.41) is 2.94. The topological polar surface area (TPSA) is 64.6 Å². The molecule has 0 aromatic heterocycles. The molecule has 5 nitrogen and oxygen atoms in total. The Morgan fingerprint density at radius 2 is 1.86 bits per heavy atom. The number of alkyl halides is 1. The van der Waals surface area contributed by atoms with Gasteiger partial charge >= 0.3 is 5.97 Å². The first-order chi connectivity index (χ1) is 10.5. The number of hydrogen-bond acceptors (Lipinski definition) is 5. The Balaban J connectivity index is 2.81. The first-order valence-electron chi connectivity index (χ1n) is 6.97. The minimum absolute atomic E-state index is 0.182. The number of anilines is 1. The molecule has 0 aliphatic rings. The third kappa shape index (κ3) is 5.07. The minimum atomic E-state index is -1.12. The van der Waals surface area contributed by atoms with Gasteiger partial charge in [-0.25, -0.2) is 0 Å². The molecule has 0 radical (unpaired) electrons. The number of carbonyl (C=O) groups excluding carboxylic acids is 2. The van der Waals surface area contributed by atoms with Crippen molar-refractivity contribution in [1.82, 2.24) is 0 Å². The fraction of sp³-hybridized carbons (Fsp3) is 0.375. The van der Waals surface area contributed by atoms with E-state index >= 15 is 0 Å². The Morgan fingerprint density at radius 3 is 2.36 bits per heavy atom. The number of halogens is 1. The van der Waals surface area contributed by atoms with Gasteiger partial charge in [-0.2, -0.15) is 0 Å². The van der Waals surface area contributed by atoms with Crippen LogP contribution in [0.25, 0.3) is 0 Å². The van der Waals surface area contributed by atoms with Gasteiger partial charge in [0.25, 0.3) is 0 Å². The Kier molecular flexibility index (Phi) is 7.46. The van der Waals surface area contributed by atoms with Crippen LogP contribution in [0.2, 0.25) is 0 Å². The van der Waals surface area contributed by atoms with Gasteiger partial charge in [-0.05, 0) is 38.1 Å². The summed E-state index contributed by atoms with van der Waals surface area (Å²) in [5.74, 6) is -1.78. The Hall–Kier alpha value is -2.01. The largest absolute Gasteiger partial charge is 0.494 e. The van der Waals surface area contributed by atoms with Crippen LogP contribution in [0.5, 0.6) is 5.75 Å². The lowest BCUT2D eigenvalue weighted by Crippen LogP contribution is -2.31. The average Bonchev–Trinajstić information content (AvgIpc) is 2.49. The molecule has 1 atom stereocenters. The number of ketones is 1. The monoisotopic (exact) mass is 325 g/mol. The molecular formula is C16H20ClNO4. The van der Waals surface area contributed by atoms with E-state index in [-0.39, 0.29) is 18.2 Å². The van der Waals surface area contributed by atoms with E-state index in [2.05, 4.69) is 11.9 Å². The van der Waals surface area contributed by atoms with Crippen LogP contribution >= 0.6 is 11.6 Å². The zero-order valence-corrected chi connectivity index (χ0v) is 13.5. The number of rotatable bonds is 9. The van der Waals surface area contributed by atoms with Crippen molar-refractivity contribution in [2.45, 2.75) is 13.8 Å². The molecule has 0 unspecified atom stereocenters. The summed E-state index contributed by atoms with van der Waals surface area (Å²) in [6, 6.07) is 7.09. The number of benzene rings is 1. The quantitative estimate of drug-likeness (QED) is 0.429.